The van der Waals surface area contributed by atoms with Crippen molar-refractivity contribution in [1.29, 1.82) is 0 Å². The fourth-order valence-corrected chi connectivity index (χ4v) is 3.78. The third-order valence-electron chi connectivity index (χ3n) is 5.08. The number of benzene rings is 1. The van der Waals surface area contributed by atoms with Gasteiger partial charge in [0.15, 0.2) is 5.78 Å². The van der Waals surface area contributed by atoms with Gasteiger partial charge in [0.1, 0.15) is 0 Å². The molecule has 2 aliphatic rings. The maximum Gasteiger partial charge on any atom is 0.233 e. The molecule has 1 aliphatic heterocycles. The summed E-state index contributed by atoms with van der Waals surface area (Å²) in [4.78, 5) is 49.8. The first-order valence-corrected chi connectivity index (χ1v) is 8.74. The molecule has 1 aromatic carbocycles. The van der Waals surface area contributed by atoms with Crippen molar-refractivity contribution < 1.29 is 19.2 Å². The highest BCUT2D eigenvalue weighted by molar-refractivity contribution is 6.06. The van der Waals surface area contributed by atoms with Crippen LogP contribution in [0.25, 0.3) is 0 Å². The number of anilines is 1. The van der Waals surface area contributed by atoms with Crippen LogP contribution in [0, 0.1) is 11.8 Å². The lowest BCUT2D eigenvalue weighted by Gasteiger charge is -2.19. The third-order valence-corrected chi connectivity index (χ3v) is 5.08. The fraction of sp³-hybridized carbons (Fsp3) is 0.474. The summed E-state index contributed by atoms with van der Waals surface area (Å²) in [7, 11) is 0. The van der Waals surface area contributed by atoms with Gasteiger partial charge in [-0.05, 0) is 31.9 Å². The minimum absolute atomic E-state index is 0.0309. The van der Waals surface area contributed by atoms with Crippen molar-refractivity contribution >= 4 is 29.2 Å². The minimum atomic E-state index is -0.316. The zero-order valence-corrected chi connectivity index (χ0v) is 14.3. The van der Waals surface area contributed by atoms with E-state index in [9.17, 15) is 19.2 Å². The molecule has 1 N–H and O–H groups in total. The topological polar surface area (TPSA) is 83.6 Å². The largest absolute Gasteiger partial charge is 0.325 e. The van der Waals surface area contributed by atoms with E-state index in [1.54, 1.807) is 24.3 Å². The second-order valence-electron chi connectivity index (χ2n) is 6.73. The Morgan fingerprint density at radius 2 is 1.68 bits per heavy atom. The molecule has 132 valence electrons. The third kappa shape index (κ3) is 3.48. The molecule has 0 radical (unpaired) electrons. The fourth-order valence-electron chi connectivity index (χ4n) is 3.78. The van der Waals surface area contributed by atoms with Crippen molar-refractivity contribution in [3.8, 4) is 0 Å². The number of likely N-dealkylation sites (tertiary alicyclic amines) is 1. The quantitative estimate of drug-likeness (QED) is 0.658. The van der Waals surface area contributed by atoms with Gasteiger partial charge in [-0.3, -0.25) is 24.1 Å². The van der Waals surface area contributed by atoms with Gasteiger partial charge in [-0.15, -0.1) is 0 Å². The average Bonchev–Trinajstić information content (AvgIpc) is 2.85. The van der Waals surface area contributed by atoms with Crippen molar-refractivity contribution in [3.05, 3.63) is 29.8 Å². The van der Waals surface area contributed by atoms with Crippen LogP contribution in [0.5, 0.6) is 0 Å². The summed E-state index contributed by atoms with van der Waals surface area (Å²) in [5.74, 6) is -1.10. The number of hydrogen-bond donors (Lipinski definition) is 1. The molecule has 1 aliphatic carbocycles. The number of imide groups is 1. The number of nitrogens with one attached hydrogen (secondary N) is 1. The number of nitrogens with zero attached hydrogens (tertiary/aromatic N) is 1. The molecule has 6 heteroatoms. The molecular weight excluding hydrogens is 320 g/mol. The number of Topliss-reactive ketones (excluding diaryl/α,β-unsaturated/α-hetero) is 1. The van der Waals surface area contributed by atoms with Gasteiger partial charge in [0, 0.05) is 18.5 Å². The van der Waals surface area contributed by atoms with E-state index in [2.05, 4.69) is 5.32 Å². The van der Waals surface area contributed by atoms with E-state index >= 15 is 0 Å². The molecule has 1 aromatic rings. The van der Waals surface area contributed by atoms with Gasteiger partial charge in [-0.1, -0.05) is 25.0 Å². The van der Waals surface area contributed by atoms with Crippen molar-refractivity contribution in [1.82, 2.24) is 4.90 Å². The normalized spacial score (nSPS) is 22.7. The summed E-state index contributed by atoms with van der Waals surface area (Å²) in [6, 6.07) is 6.78. The monoisotopic (exact) mass is 342 g/mol. The molecule has 1 heterocycles. The Balaban J connectivity index is 1.60. The first kappa shape index (κ1) is 17.3. The second kappa shape index (κ2) is 7.17. The van der Waals surface area contributed by atoms with Crippen LogP contribution in [0.4, 0.5) is 5.69 Å². The Hall–Kier alpha value is -2.50. The van der Waals surface area contributed by atoms with E-state index in [4.69, 9.17) is 0 Å². The lowest BCUT2D eigenvalue weighted by molar-refractivity contribution is -0.140. The number of para-hydroxylation sites is 1. The van der Waals surface area contributed by atoms with E-state index in [1.807, 2.05) is 0 Å². The lowest BCUT2D eigenvalue weighted by atomic mass is 9.81. The van der Waals surface area contributed by atoms with E-state index in [1.165, 1.54) is 11.8 Å². The number of ketones is 1. The van der Waals surface area contributed by atoms with E-state index in [-0.39, 0.29) is 48.3 Å². The minimum Gasteiger partial charge on any atom is -0.325 e. The van der Waals surface area contributed by atoms with Crippen LogP contribution in [0.1, 0.15) is 49.4 Å². The summed E-state index contributed by atoms with van der Waals surface area (Å²) >= 11 is 0. The highest BCUT2D eigenvalue weighted by Crippen LogP contribution is 2.37. The van der Waals surface area contributed by atoms with Crippen molar-refractivity contribution in [2.45, 2.75) is 39.0 Å². The first-order chi connectivity index (χ1) is 12.0. The highest BCUT2D eigenvalue weighted by atomic mass is 16.2. The van der Waals surface area contributed by atoms with Gasteiger partial charge >= 0.3 is 0 Å². The van der Waals surface area contributed by atoms with E-state index in [0.29, 0.717) is 11.3 Å². The Morgan fingerprint density at radius 1 is 1.08 bits per heavy atom. The van der Waals surface area contributed by atoms with Crippen LogP contribution < -0.4 is 5.32 Å². The van der Waals surface area contributed by atoms with E-state index in [0.717, 1.165) is 25.7 Å². The molecule has 25 heavy (non-hydrogen) atoms. The Bertz CT molecular complexity index is 704. The molecule has 3 amide bonds. The average molecular weight is 342 g/mol. The maximum absolute atomic E-state index is 12.4. The van der Waals surface area contributed by atoms with Crippen LogP contribution in [0.2, 0.25) is 0 Å². The number of carbonyl (C=O) groups excluding carboxylic acids is 4. The maximum atomic E-state index is 12.4. The van der Waals surface area contributed by atoms with Crippen LogP contribution in [0.3, 0.4) is 0 Å². The standard InChI is InChI=1S/C19H22N2O4/c1-12(22)13-6-4-5-9-16(13)20-17(23)10-11-21-18(24)14-7-2-3-8-15(14)19(21)25/h4-6,9,14-15H,2-3,7-8,10-11H2,1H3,(H,20,23)/t14-,15-/m0/s1. The molecule has 2 atom stereocenters. The molecule has 0 spiro atoms. The van der Waals surface area contributed by atoms with E-state index < -0.39 is 0 Å². The molecule has 2 fully saturated rings. The van der Waals surface area contributed by atoms with Crippen molar-refractivity contribution in [2.75, 3.05) is 11.9 Å². The number of fused-ring (bicyclic) bond motifs is 1. The van der Waals surface area contributed by atoms with Gasteiger partial charge in [-0.25, -0.2) is 0 Å². The van der Waals surface area contributed by atoms with Gasteiger partial charge in [-0.2, -0.15) is 0 Å². The van der Waals surface area contributed by atoms with Crippen LogP contribution in [0.15, 0.2) is 24.3 Å². The molecule has 0 aromatic heterocycles. The zero-order chi connectivity index (χ0) is 18.0. The van der Waals surface area contributed by atoms with Gasteiger partial charge in [0.2, 0.25) is 17.7 Å². The van der Waals surface area contributed by atoms with Gasteiger partial charge in [0.05, 0.1) is 17.5 Å². The number of hydrogen-bond acceptors (Lipinski definition) is 4. The lowest BCUT2D eigenvalue weighted by Crippen LogP contribution is -2.34. The van der Waals surface area contributed by atoms with Gasteiger partial charge < -0.3 is 5.32 Å². The zero-order valence-electron chi connectivity index (χ0n) is 14.3. The Labute approximate surface area is 146 Å². The molecule has 0 bridgehead atoms. The molecule has 3 rings (SSSR count). The molecular formula is C19H22N2O4. The second-order valence-corrected chi connectivity index (χ2v) is 6.73. The molecule has 0 unspecified atom stereocenters. The summed E-state index contributed by atoms with van der Waals surface area (Å²) in [6.07, 6.45) is 3.53. The Morgan fingerprint density at radius 3 is 2.28 bits per heavy atom. The molecule has 6 nitrogen and oxygen atoms in total. The van der Waals surface area contributed by atoms with Gasteiger partial charge in [0.25, 0.3) is 0 Å². The molecule has 1 saturated heterocycles. The summed E-state index contributed by atoms with van der Waals surface area (Å²) < 4.78 is 0. The Kier molecular flexibility index (Phi) is 4.97. The predicted molar refractivity (Wildman–Crippen MR) is 91.9 cm³/mol. The van der Waals surface area contributed by atoms with Crippen molar-refractivity contribution in [2.24, 2.45) is 11.8 Å². The number of carbonyl (C=O) groups is 4. The molecule has 1 saturated carbocycles. The SMILES string of the molecule is CC(=O)c1ccccc1NC(=O)CCN1C(=O)[C@H]2CCCC[C@@H]2C1=O. The van der Waals surface area contributed by atoms with Crippen LogP contribution in [-0.2, 0) is 14.4 Å². The summed E-state index contributed by atoms with van der Waals surface area (Å²) in [5.41, 5.74) is 0.892. The van der Waals surface area contributed by atoms with Crippen LogP contribution in [-0.4, -0.2) is 34.9 Å². The summed E-state index contributed by atoms with van der Waals surface area (Å²) in [6.45, 7) is 1.53. The van der Waals surface area contributed by atoms with Crippen LogP contribution >= 0.6 is 0 Å². The predicted octanol–water partition coefficient (Wildman–Crippen LogP) is 2.39. The number of amides is 3. The first-order valence-electron chi connectivity index (χ1n) is 8.74. The highest BCUT2D eigenvalue weighted by Gasteiger charge is 2.47. The van der Waals surface area contributed by atoms with Crippen molar-refractivity contribution in [3.63, 3.8) is 0 Å². The smallest absolute Gasteiger partial charge is 0.233 e. The summed E-state index contributed by atoms with van der Waals surface area (Å²) in [5, 5.41) is 2.70. The number of rotatable bonds is 5.